The van der Waals surface area contributed by atoms with Gasteiger partial charge in [-0.2, -0.15) is 0 Å². The number of hydrogen-bond donors (Lipinski definition) is 1. The van der Waals surface area contributed by atoms with Crippen LogP contribution in [-0.4, -0.2) is 24.5 Å². The van der Waals surface area contributed by atoms with E-state index in [1.807, 2.05) is 6.92 Å². The number of rotatable bonds is 6. The van der Waals surface area contributed by atoms with E-state index >= 15 is 0 Å². The minimum Gasteiger partial charge on any atom is -0.478 e. The van der Waals surface area contributed by atoms with Gasteiger partial charge >= 0.3 is 5.97 Å². The first-order valence-corrected chi connectivity index (χ1v) is 5.84. The zero-order valence-corrected chi connectivity index (χ0v) is 10.9. The number of ether oxygens (including phenoxy) is 2. The Labute approximate surface area is 108 Å². The fraction of sp³-hybridized carbons (Fsp3) is 0.250. The molecule has 0 unspecified atom stereocenters. The Hall–Kier alpha value is -1.33. The average Bonchev–Trinajstić information content (AvgIpc) is 2.29. The van der Waals surface area contributed by atoms with Crippen LogP contribution in [-0.2, 0) is 9.53 Å². The van der Waals surface area contributed by atoms with Gasteiger partial charge in [0.05, 0.1) is 4.47 Å². The summed E-state index contributed by atoms with van der Waals surface area (Å²) in [4.78, 5) is 10.4. The van der Waals surface area contributed by atoms with Crippen LogP contribution in [0.15, 0.2) is 28.7 Å². The molecule has 0 bridgehead atoms. The molecular weight excluding hydrogens is 288 g/mol. The summed E-state index contributed by atoms with van der Waals surface area (Å²) in [5, 5.41) is 8.50. The van der Waals surface area contributed by atoms with Crippen molar-refractivity contribution in [2.75, 3.05) is 13.4 Å². The summed E-state index contributed by atoms with van der Waals surface area (Å²) in [5.41, 5.74) is 0.781. The van der Waals surface area contributed by atoms with E-state index in [-0.39, 0.29) is 6.79 Å². The lowest BCUT2D eigenvalue weighted by atomic mass is 10.2. The summed E-state index contributed by atoms with van der Waals surface area (Å²) in [5.74, 6) is -0.316. The third-order valence-corrected chi connectivity index (χ3v) is 2.50. The van der Waals surface area contributed by atoms with E-state index in [2.05, 4.69) is 15.9 Å². The highest BCUT2D eigenvalue weighted by atomic mass is 79.9. The molecule has 0 saturated heterocycles. The van der Waals surface area contributed by atoms with Gasteiger partial charge in [0, 0.05) is 12.7 Å². The lowest BCUT2D eigenvalue weighted by molar-refractivity contribution is -0.131. The monoisotopic (exact) mass is 300 g/mol. The fourth-order valence-corrected chi connectivity index (χ4v) is 1.60. The van der Waals surface area contributed by atoms with Crippen molar-refractivity contribution >= 4 is 28.0 Å². The molecule has 0 amide bonds. The van der Waals surface area contributed by atoms with Gasteiger partial charge in [-0.25, -0.2) is 4.79 Å². The summed E-state index contributed by atoms with van der Waals surface area (Å²) < 4.78 is 11.2. The molecule has 0 atom stereocenters. The van der Waals surface area contributed by atoms with Gasteiger partial charge in [0.15, 0.2) is 6.79 Å². The van der Waals surface area contributed by atoms with Crippen molar-refractivity contribution in [1.82, 2.24) is 0 Å². The molecule has 1 aromatic rings. The van der Waals surface area contributed by atoms with E-state index in [0.29, 0.717) is 12.4 Å². The van der Waals surface area contributed by atoms with Crippen molar-refractivity contribution in [2.24, 2.45) is 0 Å². The normalized spacial score (nSPS) is 10.7. The van der Waals surface area contributed by atoms with Crippen molar-refractivity contribution < 1.29 is 19.4 Å². The van der Waals surface area contributed by atoms with Gasteiger partial charge in [0.1, 0.15) is 5.75 Å². The van der Waals surface area contributed by atoms with Gasteiger partial charge in [-0.05, 0) is 46.6 Å². The second-order valence-corrected chi connectivity index (χ2v) is 3.97. The van der Waals surface area contributed by atoms with Crippen LogP contribution in [0.5, 0.6) is 5.75 Å². The standard InChI is InChI=1S/C12H13BrO4/c1-2-16-8-17-11-5-3-9(7-10(11)13)4-6-12(14)15/h3-7H,2,8H2,1H3,(H,14,15). The lowest BCUT2D eigenvalue weighted by Gasteiger charge is -2.08. The molecule has 1 aromatic carbocycles. The number of carboxylic acids is 1. The number of halogens is 1. The zero-order chi connectivity index (χ0) is 12.7. The largest absolute Gasteiger partial charge is 0.478 e. The molecule has 4 nitrogen and oxygen atoms in total. The predicted octanol–water partition coefficient (Wildman–Crippen LogP) is 2.92. The summed E-state index contributed by atoms with van der Waals surface area (Å²) in [6.45, 7) is 2.68. The minimum absolute atomic E-state index is 0.194. The second-order valence-electron chi connectivity index (χ2n) is 3.12. The number of benzene rings is 1. The topological polar surface area (TPSA) is 55.8 Å². The van der Waals surface area contributed by atoms with Crippen LogP contribution < -0.4 is 4.74 Å². The number of aliphatic carboxylic acids is 1. The maximum absolute atomic E-state index is 10.4. The first-order valence-electron chi connectivity index (χ1n) is 5.04. The van der Waals surface area contributed by atoms with Crippen molar-refractivity contribution in [3.05, 3.63) is 34.3 Å². The molecule has 0 spiro atoms. The Morgan fingerprint density at radius 3 is 2.88 bits per heavy atom. The van der Waals surface area contributed by atoms with Crippen LogP contribution in [0.3, 0.4) is 0 Å². The molecule has 0 fully saturated rings. The highest BCUT2D eigenvalue weighted by molar-refractivity contribution is 9.10. The van der Waals surface area contributed by atoms with Crippen LogP contribution in [0.2, 0.25) is 0 Å². The molecule has 5 heteroatoms. The van der Waals surface area contributed by atoms with Gasteiger partial charge in [-0.1, -0.05) is 6.07 Å². The predicted molar refractivity (Wildman–Crippen MR) is 67.9 cm³/mol. The van der Waals surface area contributed by atoms with E-state index in [0.717, 1.165) is 16.1 Å². The van der Waals surface area contributed by atoms with Gasteiger partial charge in [-0.3, -0.25) is 0 Å². The SMILES string of the molecule is CCOCOc1ccc(C=CC(=O)O)cc1Br. The third-order valence-electron chi connectivity index (χ3n) is 1.88. The molecule has 0 heterocycles. The summed E-state index contributed by atoms with van der Waals surface area (Å²) in [6, 6.07) is 5.30. The highest BCUT2D eigenvalue weighted by Gasteiger charge is 2.01. The molecule has 1 rings (SSSR count). The first-order chi connectivity index (χ1) is 8.13. The van der Waals surface area contributed by atoms with Gasteiger partial charge < -0.3 is 14.6 Å². The smallest absolute Gasteiger partial charge is 0.328 e. The van der Waals surface area contributed by atoms with Crippen LogP contribution in [0.4, 0.5) is 0 Å². The van der Waals surface area contributed by atoms with E-state index in [1.165, 1.54) is 6.08 Å². The summed E-state index contributed by atoms with van der Waals surface area (Å²) in [6.07, 6.45) is 2.60. The van der Waals surface area contributed by atoms with Gasteiger partial charge in [0.2, 0.25) is 0 Å². The Kier molecular flexibility index (Phi) is 5.72. The van der Waals surface area contributed by atoms with E-state index < -0.39 is 5.97 Å². The maximum Gasteiger partial charge on any atom is 0.328 e. The molecule has 0 aliphatic rings. The van der Waals surface area contributed by atoms with Crippen molar-refractivity contribution in [3.8, 4) is 5.75 Å². The molecule has 0 saturated carbocycles. The summed E-state index contributed by atoms with van der Waals surface area (Å²) in [7, 11) is 0. The molecule has 0 aliphatic heterocycles. The van der Waals surface area contributed by atoms with Gasteiger partial charge in [-0.15, -0.1) is 0 Å². The average molecular weight is 301 g/mol. The van der Waals surface area contributed by atoms with Crippen LogP contribution >= 0.6 is 15.9 Å². The first kappa shape index (κ1) is 13.7. The Morgan fingerprint density at radius 1 is 1.53 bits per heavy atom. The van der Waals surface area contributed by atoms with E-state index in [9.17, 15) is 4.79 Å². The number of carboxylic acid groups (broad SMARTS) is 1. The Balaban J connectivity index is 2.69. The Morgan fingerprint density at radius 2 is 2.29 bits per heavy atom. The quantitative estimate of drug-likeness (QED) is 0.498. The molecule has 0 radical (unpaired) electrons. The molecule has 92 valence electrons. The highest BCUT2D eigenvalue weighted by Crippen LogP contribution is 2.26. The molecular formula is C12H13BrO4. The van der Waals surface area contributed by atoms with Crippen molar-refractivity contribution in [3.63, 3.8) is 0 Å². The third kappa shape index (κ3) is 5.01. The fourth-order valence-electron chi connectivity index (χ4n) is 1.09. The number of hydrogen-bond acceptors (Lipinski definition) is 3. The maximum atomic E-state index is 10.4. The van der Waals surface area contributed by atoms with Crippen LogP contribution in [0, 0.1) is 0 Å². The molecule has 0 aromatic heterocycles. The van der Waals surface area contributed by atoms with Crippen LogP contribution in [0.25, 0.3) is 6.08 Å². The lowest BCUT2D eigenvalue weighted by Crippen LogP contribution is -2.02. The number of carbonyl (C=O) groups is 1. The second kappa shape index (κ2) is 7.09. The minimum atomic E-state index is -0.974. The molecule has 17 heavy (non-hydrogen) atoms. The summed E-state index contributed by atoms with van der Waals surface area (Å²) >= 11 is 3.34. The zero-order valence-electron chi connectivity index (χ0n) is 9.35. The van der Waals surface area contributed by atoms with Crippen LogP contribution in [0.1, 0.15) is 12.5 Å². The van der Waals surface area contributed by atoms with Crippen molar-refractivity contribution in [1.29, 1.82) is 0 Å². The van der Waals surface area contributed by atoms with Crippen molar-refractivity contribution in [2.45, 2.75) is 6.92 Å². The molecule has 0 aliphatic carbocycles. The Bertz CT molecular complexity index is 415. The molecule has 1 N–H and O–H groups in total. The van der Waals surface area contributed by atoms with Gasteiger partial charge in [0.25, 0.3) is 0 Å². The van der Waals surface area contributed by atoms with E-state index in [1.54, 1.807) is 18.2 Å². The van der Waals surface area contributed by atoms with E-state index in [4.69, 9.17) is 14.6 Å².